The molecule has 3 heteroatoms. The van der Waals surface area contributed by atoms with Gasteiger partial charge in [0.1, 0.15) is 0 Å². The van der Waals surface area contributed by atoms with E-state index < -0.39 is 0 Å². The maximum Gasteiger partial charge on any atom is 0.168 e. The van der Waals surface area contributed by atoms with Crippen LogP contribution in [0, 0.1) is 5.92 Å². The van der Waals surface area contributed by atoms with Crippen molar-refractivity contribution in [2.45, 2.75) is 12.5 Å². The lowest BCUT2D eigenvalue weighted by Gasteiger charge is -2.18. The lowest BCUT2D eigenvalue weighted by atomic mass is 9.88. The third-order valence-corrected chi connectivity index (χ3v) is 3.94. The first-order valence-electron chi connectivity index (χ1n) is 6.72. The van der Waals surface area contributed by atoms with Gasteiger partial charge in [0.2, 0.25) is 0 Å². The first kappa shape index (κ1) is 13.3. The molecule has 1 heterocycles. The van der Waals surface area contributed by atoms with Gasteiger partial charge in [0.25, 0.3) is 0 Å². The van der Waals surface area contributed by atoms with Crippen LogP contribution in [0.25, 0.3) is 0 Å². The van der Waals surface area contributed by atoms with Crippen LogP contribution >= 0.6 is 11.6 Å². The zero-order valence-corrected chi connectivity index (χ0v) is 11.7. The van der Waals surface area contributed by atoms with Crippen LogP contribution in [0.15, 0.2) is 54.6 Å². The fourth-order valence-electron chi connectivity index (χ4n) is 2.66. The van der Waals surface area contributed by atoms with E-state index in [0.717, 1.165) is 17.5 Å². The van der Waals surface area contributed by atoms with Crippen LogP contribution < -0.4 is 0 Å². The second kappa shape index (κ2) is 5.78. The van der Waals surface area contributed by atoms with Gasteiger partial charge < -0.3 is 4.74 Å². The molecule has 2 aromatic rings. The minimum absolute atomic E-state index is 0.112. The largest absolute Gasteiger partial charge is 0.373 e. The van der Waals surface area contributed by atoms with Gasteiger partial charge in [-0.15, -0.1) is 0 Å². The molecule has 0 radical (unpaired) electrons. The minimum Gasteiger partial charge on any atom is -0.373 e. The predicted molar refractivity (Wildman–Crippen MR) is 79.0 cm³/mol. The van der Waals surface area contributed by atoms with Crippen LogP contribution in [-0.4, -0.2) is 12.4 Å². The molecule has 2 aromatic carbocycles. The molecular formula is C17H15ClO2. The number of ether oxygens (including phenoxy) is 1. The average Bonchev–Trinajstić information content (AvgIpc) is 2.97. The summed E-state index contributed by atoms with van der Waals surface area (Å²) in [4.78, 5) is 12.6. The Morgan fingerprint density at radius 2 is 1.75 bits per heavy atom. The van der Waals surface area contributed by atoms with Crippen LogP contribution in [0.1, 0.15) is 28.4 Å². The first-order valence-corrected chi connectivity index (χ1v) is 7.10. The van der Waals surface area contributed by atoms with Crippen LogP contribution in [0.5, 0.6) is 0 Å². The molecule has 3 rings (SSSR count). The zero-order valence-electron chi connectivity index (χ0n) is 11.0. The molecule has 1 saturated heterocycles. The molecule has 0 amide bonds. The Morgan fingerprint density at radius 1 is 1.05 bits per heavy atom. The van der Waals surface area contributed by atoms with E-state index in [9.17, 15) is 4.79 Å². The van der Waals surface area contributed by atoms with Gasteiger partial charge in [-0.3, -0.25) is 4.79 Å². The average molecular weight is 287 g/mol. The van der Waals surface area contributed by atoms with Gasteiger partial charge in [-0.1, -0.05) is 54.1 Å². The zero-order chi connectivity index (χ0) is 13.9. The van der Waals surface area contributed by atoms with Crippen molar-refractivity contribution in [2.75, 3.05) is 6.61 Å². The number of rotatable bonds is 3. The predicted octanol–water partition coefficient (Wildman–Crippen LogP) is 4.30. The summed E-state index contributed by atoms with van der Waals surface area (Å²) in [5, 5.41) is 0.692. The Balaban J connectivity index is 1.86. The molecule has 0 bridgehead atoms. The lowest BCUT2D eigenvalue weighted by molar-refractivity contribution is 0.0701. The van der Waals surface area contributed by atoms with E-state index in [1.165, 1.54) is 0 Å². The molecule has 0 aromatic heterocycles. The van der Waals surface area contributed by atoms with E-state index in [1.807, 2.05) is 54.6 Å². The second-order valence-electron chi connectivity index (χ2n) is 4.97. The van der Waals surface area contributed by atoms with Crippen molar-refractivity contribution in [2.24, 2.45) is 5.92 Å². The molecule has 1 aliphatic rings. The summed E-state index contributed by atoms with van der Waals surface area (Å²) in [7, 11) is 0. The molecule has 102 valence electrons. The summed E-state index contributed by atoms with van der Waals surface area (Å²) >= 11 is 5.91. The van der Waals surface area contributed by atoms with E-state index in [1.54, 1.807) is 0 Å². The first-order chi connectivity index (χ1) is 9.75. The van der Waals surface area contributed by atoms with Gasteiger partial charge >= 0.3 is 0 Å². The molecule has 0 aliphatic carbocycles. The van der Waals surface area contributed by atoms with Gasteiger partial charge in [0, 0.05) is 17.2 Å². The SMILES string of the molecule is O=C(c1ccccc1)[C@H]1CCO[C@H]1c1ccc(Cl)cc1. The van der Waals surface area contributed by atoms with Crippen LogP contribution in [0.3, 0.4) is 0 Å². The van der Waals surface area contributed by atoms with Crippen molar-refractivity contribution in [3.8, 4) is 0 Å². The molecule has 2 nitrogen and oxygen atoms in total. The molecule has 20 heavy (non-hydrogen) atoms. The number of carbonyl (C=O) groups excluding carboxylic acids is 1. The van der Waals surface area contributed by atoms with Gasteiger partial charge in [0.05, 0.1) is 12.0 Å². The monoisotopic (exact) mass is 286 g/mol. The summed E-state index contributed by atoms with van der Waals surface area (Å²) in [6, 6.07) is 17.0. The summed E-state index contributed by atoms with van der Waals surface area (Å²) in [6.45, 7) is 0.622. The Labute approximate surface area is 123 Å². The normalized spacial score (nSPS) is 21.9. The summed E-state index contributed by atoms with van der Waals surface area (Å²) in [5.74, 6) is 0.0432. The summed E-state index contributed by atoms with van der Waals surface area (Å²) in [5.41, 5.74) is 1.77. The number of benzene rings is 2. The highest BCUT2D eigenvalue weighted by molar-refractivity contribution is 6.30. The molecule has 2 atom stereocenters. The number of halogens is 1. The molecule has 0 spiro atoms. The summed E-state index contributed by atoms with van der Waals surface area (Å²) in [6.07, 6.45) is 0.598. The van der Waals surface area contributed by atoms with E-state index >= 15 is 0 Å². The fraction of sp³-hybridized carbons (Fsp3) is 0.235. The second-order valence-corrected chi connectivity index (χ2v) is 5.40. The van der Waals surface area contributed by atoms with Gasteiger partial charge in [-0.05, 0) is 24.1 Å². The number of Topliss-reactive ketones (excluding diaryl/α,β-unsaturated/α-hetero) is 1. The highest BCUT2D eigenvalue weighted by Crippen LogP contribution is 2.36. The highest BCUT2D eigenvalue weighted by Gasteiger charge is 2.35. The van der Waals surface area contributed by atoms with Crippen LogP contribution in [-0.2, 0) is 4.74 Å². The van der Waals surface area contributed by atoms with E-state index in [-0.39, 0.29) is 17.8 Å². The summed E-state index contributed by atoms with van der Waals surface area (Å²) < 4.78 is 5.77. The van der Waals surface area contributed by atoms with E-state index in [4.69, 9.17) is 16.3 Å². The number of hydrogen-bond acceptors (Lipinski definition) is 2. The van der Waals surface area contributed by atoms with Crippen LogP contribution in [0.2, 0.25) is 5.02 Å². The highest BCUT2D eigenvalue weighted by atomic mass is 35.5. The number of carbonyl (C=O) groups is 1. The molecule has 0 saturated carbocycles. The van der Waals surface area contributed by atoms with Crippen molar-refractivity contribution >= 4 is 17.4 Å². The fourth-order valence-corrected chi connectivity index (χ4v) is 2.78. The minimum atomic E-state index is -0.167. The smallest absolute Gasteiger partial charge is 0.168 e. The van der Waals surface area contributed by atoms with Gasteiger partial charge in [-0.25, -0.2) is 0 Å². The standard InChI is InChI=1S/C17H15ClO2/c18-14-8-6-13(7-9-14)17-15(10-11-20-17)16(19)12-4-2-1-3-5-12/h1-9,15,17H,10-11H2/t15-,17+/m1/s1. The molecular weight excluding hydrogens is 272 g/mol. The third kappa shape index (κ3) is 2.62. The van der Waals surface area contributed by atoms with Crippen molar-refractivity contribution in [3.63, 3.8) is 0 Å². The van der Waals surface area contributed by atoms with E-state index in [0.29, 0.717) is 11.6 Å². The topological polar surface area (TPSA) is 26.3 Å². The molecule has 1 fully saturated rings. The van der Waals surface area contributed by atoms with E-state index in [2.05, 4.69) is 0 Å². The molecule has 1 aliphatic heterocycles. The van der Waals surface area contributed by atoms with Gasteiger partial charge in [0.15, 0.2) is 5.78 Å². The quantitative estimate of drug-likeness (QED) is 0.786. The number of hydrogen-bond donors (Lipinski definition) is 0. The third-order valence-electron chi connectivity index (χ3n) is 3.69. The maximum absolute atomic E-state index is 12.6. The van der Waals surface area contributed by atoms with Crippen LogP contribution in [0.4, 0.5) is 0 Å². The van der Waals surface area contributed by atoms with Crippen molar-refractivity contribution < 1.29 is 9.53 Å². The van der Waals surface area contributed by atoms with Crippen molar-refractivity contribution in [3.05, 3.63) is 70.7 Å². The maximum atomic E-state index is 12.6. The van der Waals surface area contributed by atoms with Gasteiger partial charge in [-0.2, -0.15) is 0 Å². The molecule has 0 N–H and O–H groups in total. The number of ketones is 1. The lowest BCUT2D eigenvalue weighted by Crippen LogP contribution is -2.18. The van der Waals surface area contributed by atoms with Crippen molar-refractivity contribution in [1.82, 2.24) is 0 Å². The van der Waals surface area contributed by atoms with Crippen molar-refractivity contribution in [1.29, 1.82) is 0 Å². The Morgan fingerprint density at radius 3 is 2.45 bits per heavy atom. The molecule has 0 unspecified atom stereocenters. The Hall–Kier alpha value is -1.64. The Kier molecular flexibility index (Phi) is 3.86. The Bertz CT molecular complexity index is 592.